The molecule has 1 aliphatic heterocycles. The molecule has 0 saturated carbocycles. The summed E-state index contributed by atoms with van der Waals surface area (Å²) in [5.74, 6) is -0.453. The Labute approximate surface area is 129 Å². The van der Waals surface area contributed by atoms with Gasteiger partial charge in [-0.05, 0) is 42.8 Å². The van der Waals surface area contributed by atoms with Crippen LogP contribution in [0.5, 0.6) is 0 Å². The molecule has 6 heteroatoms. The summed E-state index contributed by atoms with van der Waals surface area (Å²) in [5.41, 5.74) is 1.60. The maximum atomic E-state index is 13.1. The Bertz CT molecular complexity index is 775. The van der Waals surface area contributed by atoms with Gasteiger partial charge in [-0.2, -0.15) is 0 Å². The highest BCUT2D eigenvalue weighted by atomic mass is 32.2. The van der Waals surface area contributed by atoms with E-state index in [-0.39, 0.29) is 10.9 Å². The zero-order valence-electron chi connectivity index (χ0n) is 12.2. The summed E-state index contributed by atoms with van der Waals surface area (Å²) in [7, 11) is -3.72. The first kappa shape index (κ1) is 15.0. The van der Waals surface area contributed by atoms with Crippen molar-refractivity contribution in [3.63, 3.8) is 0 Å². The van der Waals surface area contributed by atoms with Gasteiger partial charge in [0.1, 0.15) is 5.82 Å². The molecule has 1 aliphatic rings. The minimum absolute atomic E-state index is 0.0163. The van der Waals surface area contributed by atoms with Gasteiger partial charge in [-0.1, -0.05) is 18.2 Å². The van der Waals surface area contributed by atoms with Crippen LogP contribution in [0.15, 0.2) is 53.4 Å². The highest BCUT2D eigenvalue weighted by Crippen LogP contribution is 2.29. The van der Waals surface area contributed by atoms with E-state index >= 15 is 0 Å². The summed E-state index contributed by atoms with van der Waals surface area (Å²) in [6.07, 6.45) is 0. The van der Waals surface area contributed by atoms with Crippen LogP contribution < -0.4 is 9.62 Å². The monoisotopic (exact) mass is 320 g/mol. The number of sulfonamides is 1. The molecule has 4 nitrogen and oxygen atoms in total. The normalized spacial score (nSPS) is 18.6. The first-order chi connectivity index (χ1) is 10.5. The third kappa shape index (κ3) is 2.71. The molecule has 1 heterocycles. The highest BCUT2D eigenvalue weighted by Gasteiger charge is 2.29. The van der Waals surface area contributed by atoms with Gasteiger partial charge in [-0.3, -0.25) is 4.31 Å². The van der Waals surface area contributed by atoms with Crippen molar-refractivity contribution in [3.8, 4) is 0 Å². The fourth-order valence-electron chi connectivity index (χ4n) is 2.56. The van der Waals surface area contributed by atoms with Crippen LogP contribution in [0.4, 0.5) is 10.1 Å². The molecule has 2 aromatic rings. The van der Waals surface area contributed by atoms with Crippen LogP contribution in [0, 0.1) is 5.82 Å². The quantitative estimate of drug-likeness (QED) is 0.925. The lowest BCUT2D eigenvalue weighted by atomic mass is 10.2. The molecule has 3 rings (SSSR count). The number of rotatable bonds is 2. The van der Waals surface area contributed by atoms with Crippen molar-refractivity contribution in [1.82, 2.24) is 5.32 Å². The second-order valence-corrected chi connectivity index (χ2v) is 7.26. The number of para-hydroxylation sites is 1. The Morgan fingerprint density at radius 2 is 1.82 bits per heavy atom. The molecule has 0 spiro atoms. The van der Waals surface area contributed by atoms with E-state index < -0.39 is 15.8 Å². The Balaban J connectivity index is 2.10. The fourth-order valence-corrected chi connectivity index (χ4v) is 4.15. The Morgan fingerprint density at radius 3 is 2.55 bits per heavy atom. The molecule has 0 saturated heterocycles. The molecule has 0 bridgehead atoms. The number of nitrogens with zero attached hydrogens (tertiary/aromatic N) is 1. The SMILES string of the molecule is CC1CN(S(=O)(=O)c2ccc(F)cc2)c2ccccc2CN1. The molecular formula is C16H17FN2O2S. The van der Waals surface area contributed by atoms with Gasteiger partial charge in [0.2, 0.25) is 0 Å². The van der Waals surface area contributed by atoms with E-state index in [4.69, 9.17) is 0 Å². The molecule has 1 unspecified atom stereocenters. The zero-order valence-corrected chi connectivity index (χ0v) is 13.0. The van der Waals surface area contributed by atoms with E-state index in [0.29, 0.717) is 18.8 Å². The van der Waals surface area contributed by atoms with Crippen molar-refractivity contribution < 1.29 is 12.8 Å². The molecule has 0 aliphatic carbocycles. The van der Waals surface area contributed by atoms with Crippen molar-refractivity contribution in [3.05, 3.63) is 59.9 Å². The molecule has 22 heavy (non-hydrogen) atoms. The average molecular weight is 320 g/mol. The first-order valence-electron chi connectivity index (χ1n) is 7.08. The van der Waals surface area contributed by atoms with Gasteiger partial charge < -0.3 is 5.32 Å². The summed E-state index contributed by atoms with van der Waals surface area (Å²) in [6, 6.07) is 12.4. The van der Waals surface area contributed by atoms with E-state index in [9.17, 15) is 12.8 Å². The fraction of sp³-hybridized carbons (Fsp3) is 0.250. The summed E-state index contributed by atoms with van der Waals surface area (Å²) in [5, 5.41) is 3.30. The standard InChI is InChI=1S/C16H17FN2O2S/c1-12-11-19(16-5-3-2-4-13(16)10-18-12)22(20,21)15-8-6-14(17)7-9-15/h2-9,12,18H,10-11H2,1H3. The van der Waals surface area contributed by atoms with Gasteiger partial charge >= 0.3 is 0 Å². The third-order valence-electron chi connectivity index (χ3n) is 3.74. The highest BCUT2D eigenvalue weighted by molar-refractivity contribution is 7.92. The zero-order chi connectivity index (χ0) is 15.7. The van der Waals surface area contributed by atoms with Crippen molar-refractivity contribution in [2.45, 2.75) is 24.4 Å². The number of fused-ring (bicyclic) bond motifs is 1. The van der Waals surface area contributed by atoms with E-state index in [2.05, 4.69) is 5.32 Å². The minimum atomic E-state index is -3.72. The molecule has 116 valence electrons. The van der Waals surface area contributed by atoms with Crippen LogP contribution in [0.25, 0.3) is 0 Å². The van der Waals surface area contributed by atoms with Crippen molar-refractivity contribution in [2.24, 2.45) is 0 Å². The Hall–Kier alpha value is -1.92. The van der Waals surface area contributed by atoms with Gasteiger partial charge in [0.05, 0.1) is 10.6 Å². The molecule has 0 fully saturated rings. The van der Waals surface area contributed by atoms with Gasteiger partial charge in [-0.15, -0.1) is 0 Å². The van der Waals surface area contributed by atoms with Crippen LogP contribution in [-0.2, 0) is 16.6 Å². The van der Waals surface area contributed by atoms with E-state index in [1.54, 1.807) is 6.07 Å². The van der Waals surface area contributed by atoms with E-state index in [1.165, 1.54) is 16.4 Å². The molecule has 0 radical (unpaired) electrons. The van der Waals surface area contributed by atoms with Gasteiger partial charge in [0, 0.05) is 19.1 Å². The molecule has 2 aromatic carbocycles. The smallest absolute Gasteiger partial charge is 0.264 e. The van der Waals surface area contributed by atoms with Gasteiger partial charge in [-0.25, -0.2) is 12.8 Å². The lowest BCUT2D eigenvalue weighted by Crippen LogP contribution is -2.39. The Morgan fingerprint density at radius 1 is 1.14 bits per heavy atom. The maximum Gasteiger partial charge on any atom is 0.264 e. The van der Waals surface area contributed by atoms with Crippen LogP contribution in [-0.4, -0.2) is 21.0 Å². The van der Waals surface area contributed by atoms with Crippen LogP contribution in [0.2, 0.25) is 0 Å². The average Bonchev–Trinajstić information content (AvgIpc) is 2.68. The summed E-state index contributed by atoms with van der Waals surface area (Å²) < 4.78 is 40.3. The number of nitrogens with one attached hydrogen (secondary N) is 1. The number of benzene rings is 2. The lowest BCUT2D eigenvalue weighted by Gasteiger charge is -2.26. The predicted molar refractivity (Wildman–Crippen MR) is 83.7 cm³/mol. The molecule has 0 aromatic heterocycles. The molecule has 0 amide bonds. The molecule has 1 atom stereocenters. The van der Waals surface area contributed by atoms with Crippen LogP contribution in [0.3, 0.4) is 0 Å². The second kappa shape index (κ2) is 5.70. The van der Waals surface area contributed by atoms with Gasteiger partial charge in [0.15, 0.2) is 0 Å². The number of anilines is 1. The van der Waals surface area contributed by atoms with Gasteiger partial charge in [0.25, 0.3) is 10.0 Å². The molecular weight excluding hydrogens is 303 g/mol. The van der Waals surface area contributed by atoms with Crippen molar-refractivity contribution in [2.75, 3.05) is 10.8 Å². The van der Waals surface area contributed by atoms with E-state index in [0.717, 1.165) is 17.7 Å². The summed E-state index contributed by atoms with van der Waals surface area (Å²) in [4.78, 5) is 0.0952. The largest absolute Gasteiger partial charge is 0.308 e. The maximum absolute atomic E-state index is 13.1. The first-order valence-corrected chi connectivity index (χ1v) is 8.52. The molecule has 1 N–H and O–H groups in total. The topological polar surface area (TPSA) is 49.4 Å². The second-order valence-electron chi connectivity index (χ2n) is 5.40. The van der Waals surface area contributed by atoms with Crippen molar-refractivity contribution in [1.29, 1.82) is 0 Å². The Kier molecular flexibility index (Phi) is 3.88. The van der Waals surface area contributed by atoms with Crippen molar-refractivity contribution >= 4 is 15.7 Å². The summed E-state index contributed by atoms with van der Waals surface area (Å²) in [6.45, 7) is 2.89. The number of hydrogen-bond donors (Lipinski definition) is 1. The summed E-state index contributed by atoms with van der Waals surface area (Å²) >= 11 is 0. The van der Waals surface area contributed by atoms with Crippen LogP contribution >= 0.6 is 0 Å². The third-order valence-corrected chi connectivity index (χ3v) is 5.54. The number of hydrogen-bond acceptors (Lipinski definition) is 3. The minimum Gasteiger partial charge on any atom is -0.308 e. The van der Waals surface area contributed by atoms with E-state index in [1.807, 2.05) is 25.1 Å². The van der Waals surface area contributed by atoms with Crippen LogP contribution in [0.1, 0.15) is 12.5 Å². The predicted octanol–water partition coefficient (Wildman–Crippen LogP) is 2.51. The lowest BCUT2D eigenvalue weighted by molar-refractivity contribution is 0.556. The number of halogens is 1.